The first-order valence-corrected chi connectivity index (χ1v) is 6.93. The molecule has 0 aromatic heterocycles. The van der Waals surface area contributed by atoms with E-state index in [1.165, 1.54) is 30.5 Å². The number of benzene rings is 1. The summed E-state index contributed by atoms with van der Waals surface area (Å²) in [6.07, 6.45) is 3.74. The quantitative estimate of drug-likeness (QED) is 0.886. The average molecular weight is 246 g/mol. The van der Waals surface area contributed by atoms with Crippen LogP contribution in [0, 0.1) is 12.3 Å². The molecule has 1 aliphatic carbocycles. The smallest absolute Gasteiger partial charge is 0.0571 e. The molecule has 0 saturated heterocycles. The van der Waals surface area contributed by atoms with Crippen molar-refractivity contribution in [3.05, 3.63) is 29.8 Å². The minimum atomic E-state index is 0.0995. The highest BCUT2D eigenvalue weighted by Gasteiger charge is 2.50. The number of nitrogens with two attached hydrogens (primary N) is 1. The van der Waals surface area contributed by atoms with E-state index in [4.69, 9.17) is 5.73 Å². The summed E-state index contributed by atoms with van der Waals surface area (Å²) in [5.41, 5.74) is 9.13. The fourth-order valence-electron chi connectivity index (χ4n) is 3.55. The van der Waals surface area contributed by atoms with Crippen molar-refractivity contribution in [1.82, 2.24) is 0 Å². The van der Waals surface area contributed by atoms with Gasteiger partial charge in [-0.05, 0) is 37.3 Å². The molecule has 1 aromatic rings. The Bertz CT molecular complexity index is 408. The Morgan fingerprint density at radius 1 is 1.17 bits per heavy atom. The van der Waals surface area contributed by atoms with Crippen LogP contribution in [0.1, 0.15) is 38.7 Å². The van der Waals surface area contributed by atoms with E-state index in [0.29, 0.717) is 0 Å². The Hall–Kier alpha value is -1.02. The Morgan fingerprint density at radius 2 is 1.78 bits per heavy atom. The van der Waals surface area contributed by atoms with E-state index in [1.54, 1.807) is 0 Å². The SMILES string of the molecule is Cc1ccc(N(C)C2(CN)CCCC2(C)C)cc1. The number of hydrogen-bond acceptors (Lipinski definition) is 2. The van der Waals surface area contributed by atoms with Crippen LogP contribution in [-0.2, 0) is 0 Å². The van der Waals surface area contributed by atoms with Crippen molar-refractivity contribution in [2.24, 2.45) is 11.1 Å². The zero-order valence-corrected chi connectivity index (χ0v) is 12.2. The van der Waals surface area contributed by atoms with Crippen LogP contribution in [0.3, 0.4) is 0 Å². The molecule has 1 aromatic carbocycles. The van der Waals surface area contributed by atoms with Gasteiger partial charge >= 0.3 is 0 Å². The van der Waals surface area contributed by atoms with Gasteiger partial charge in [0.25, 0.3) is 0 Å². The monoisotopic (exact) mass is 246 g/mol. The van der Waals surface area contributed by atoms with Gasteiger partial charge in [-0.25, -0.2) is 0 Å². The minimum Gasteiger partial charge on any atom is -0.367 e. The van der Waals surface area contributed by atoms with Crippen LogP contribution < -0.4 is 10.6 Å². The predicted molar refractivity (Wildman–Crippen MR) is 79.0 cm³/mol. The molecular formula is C16H26N2. The number of aryl methyl sites for hydroxylation is 1. The molecule has 1 fully saturated rings. The first-order valence-electron chi connectivity index (χ1n) is 6.93. The molecule has 0 aliphatic heterocycles. The number of rotatable bonds is 3. The second kappa shape index (κ2) is 4.58. The van der Waals surface area contributed by atoms with E-state index in [9.17, 15) is 0 Å². The summed E-state index contributed by atoms with van der Waals surface area (Å²) >= 11 is 0. The molecule has 0 amide bonds. The minimum absolute atomic E-state index is 0.0995. The van der Waals surface area contributed by atoms with E-state index >= 15 is 0 Å². The summed E-state index contributed by atoms with van der Waals surface area (Å²) in [4.78, 5) is 2.42. The van der Waals surface area contributed by atoms with E-state index in [2.05, 4.69) is 57.0 Å². The first kappa shape index (κ1) is 13.4. The van der Waals surface area contributed by atoms with Crippen LogP contribution >= 0.6 is 0 Å². The highest BCUT2D eigenvalue weighted by Crippen LogP contribution is 2.49. The lowest BCUT2D eigenvalue weighted by Crippen LogP contribution is -2.58. The molecule has 2 N–H and O–H groups in total. The molecule has 0 heterocycles. The molecule has 100 valence electrons. The largest absolute Gasteiger partial charge is 0.367 e. The second-order valence-electron chi connectivity index (χ2n) is 6.37. The lowest BCUT2D eigenvalue weighted by molar-refractivity contribution is 0.207. The van der Waals surface area contributed by atoms with E-state index in [0.717, 1.165) is 6.54 Å². The first-order chi connectivity index (χ1) is 8.43. The zero-order valence-electron chi connectivity index (χ0n) is 12.2. The third-order valence-electron chi connectivity index (χ3n) is 5.05. The molecule has 1 atom stereocenters. The fraction of sp³-hybridized carbons (Fsp3) is 0.625. The summed E-state index contributed by atoms with van der Waals surface area (Å²) in [5.74, 6) is 0. The van der Waals surface area contributed by atoms with Crippen molar-refractivity contribution >= 4 is 5.69 Å². The molecule has 2 rings (SSSR count). The van der Waals surface area contributed by atoms with Gasteiger partial charge in [0, 0.05) is 19.3 Å². The third kappa shape index (κ3) is 1.93. The maximum absolute atomic E-state index is 6.17. The van der Waals surface area contributed by atoms with Gasteiger partial charge in [-0.1, -0.05) is 38.0 Å². The van der Waals surface area contributed by atoms with E-state index in [1.807, 2.05) is 0 Å². The summed E-state index contributed by atoms with van der Waals surface area (Å²) in [6.45, 7) is 7.57. The standard InChI is InChI=1S/C16H26N2/c1-13-6-8-14(9-7-13)18(4)16(12-17)11-5-10-15(16,2)3/h6-9H,5,10-12,17H2,1-4H3. The molecule has 0 bridgehead atoms. The average Bonchev–Trinajstić information content (AvgIpc) is 2.65. The summed E-state index contributed by atoms with van der Waals surface area (Å²) in [6, 6.07) is 8.78. The Balaban J connectivity index is 2.36. The molecule has 2 nitrogen and oxygen atoms in total. The van der Waals surface area contributed by atoms with Gasteiger partial charge < -0.3 is 10.6 Å². The topological polar surface area (TPSA) is 29.3 Å². The van der Waals surface area contributed by atoms with Crippen molar-refractivity contribution in [3.63, 3.8) is 0 Å². The number of likely N-dealkylation sites (N-methyl/N-ethyl adjacent to an activating group) is 1. The Labute approximate surface area is 111 Å². The van der Waals surface area contributed by atoms with E-state index in [-0.39, 0.29) is 11.0 Å². The maximum Gasteiger partial charge on any atom is 0.0571 e. The Kier molecular flexibility index (Phi) is 3.41. The van der Waals surface area contributed by atoms with Crippen LogP contribution in [0.5, 0.6) is 0 Å². The van der Waals surface area contributed by atoms with Crippen molar-refractivity contribution in [1.29, 1.82) is 0 Å². The lowest BCUT2D eigenvalue weighted by atomic mass is 9.73. The van der Waals surface area contributed by atoms with Crippen molar-refractivity contribution in [2.45, 2.75) is 45.6 Å². The summed E-state index contributed by atoms with van der Waals surface area (Å²) < 4.78 is 0. The van der Waals surface area contributed by atoms with Gasteiger partial charge in [0.2, 0.25) is 0 Å². The molecule has 0 radical (unpaired) electrons. The van der Waals surface area contributed by atoms with Crippen molar-refractivity contribution in [2.75, 3.05) is 18.5 Å². The maximum atomic E-state index is 6.17. The lowest BCUT2D eigenvalue weighted by Gasteiger charge is -2.49. The molecule has 1 saturated carbocycles. The summed E-state index contributed by atoms with van der Waals surface area (Å²) in [7, 11) is 2.20. The molecule has 1 aliphatic rings. The Morgan fingerprint density at radius 3 is 2.22 bits per heavy atom. The normalized spacial score (nSPS) is 26.3. The van der Waals surface area contributed by atoms with Gasteiger partial charge in [0.05, 0.1) is 5.54 Å². The molecule has 2 heteroatoms. The van der Waals surface area contributed by atoms with Gasteiger partial charge in [0.1, 0.15) is 0 Å². The van der Waals surface area contributed by atoms with Crippen LogP contribution in [-0.4, -0.2) is 19.1 Å². The molecular weight excluding hydrogens is 220 g/mol. The van der Waals surface area contributed by atoms with Gasteiger partial charge in [-0.15, -0.1) is 0 Å². The van der Waals surface area contributed by atoms with Crippen molar-refractivity contribution in [3.8, 4) is 0 Å². The third-order valence-corrected chi connectivity index (χ3v) is 5.05. The van der Waals surface area contributed by atoms with Crippen molar-refractivity contribution < 1.29 is 0 Å². The van der Waals surface area contributed by atoms with E-state index < -0.39 is 0 Å². The van der Waals surface area contributed by atoms with Gasteiger partial charge in [0.15, 0.2) is 0 Å². The molecule has 0 spiro atoms. The zero-order chi connectivity index (χ0) is 13.4. The second-order valence-corrected chi connectivity index (χ2v) is 6.37. The predicted octanol–water partition coefficient (Wildman–Crippen LogP) is 3.34. The molecule has 1 unspecified atom stereocenters. The number of hydrogen-bond donors (Lipinski definition) is 1. The van der Waals surface area contributed by atoms with Gasteiger partial charge in [-0.3, -0.25) is 0 Å². The van der Waals surface area contributed by atoms with Gasteiger partial charge in [-0.2, -0.15) is 0 Å². The van der Waals surface area contributed by atoms with Crippen LogP contribution in [0.25, 0.3) is 0 Å². The van der Waals surface area contributed by atoms with Crippen LogP contribution in [0.2, 0.25) is 0 Å². The van der Waals surface area contributed by atoms with Crippen LogP contribution in [0.15, 0.2) is 24.3 Å². The fourth-order valence-corrected chi connectivity index (χ4v) is 3.55. The van der Waals surface area contributed by atoms with Crippen LogP contribution in [0.4, 0.5) is 5.69 Å². The highest BCUT2D eigenvalue weighted by atomic mass is 15.2. The number of anilines is 1. The highest BCUT2D eigenvalue weighted by molar-refractivity contribution is 5.50. The molecule has 18 heavy (non-hydrogen) atoms. The number of nitrogens with zero attached hydrogens (tertiary/aromatic N) is 1. The summed E-state index contributed by atoms with van der Waals surface area (Å²) in [5, 5.41) is 0.